The van der Waals surface area contributed by atoms with Crippen molar-refractivity contribution >= 4 is 56.4 Å². The van der Waals surface area contributed by atoms with Gasteiger partial charge in [-0.05, 0) is 29.8 Å². The van der Waals surface area contributed by atoms with Crippen molar-refractivity contribution in [2.24, 2.45) is 0 Å². The Hall–Kier alpha value is -2.97. The third-order valence-corrected chi connectivity index (χ3v) is 4.50. The van der Waals surface area contributed by atoms with Gasteiger partial charge in [0.05, 0.1) is 11.8 Å². The van der Waals surface area contributed by atoms with E-state index in [4.69, 9.17) is 20.8 Å². The van der Waals surface area contributed by atoms with Crippen LogP contribution in [-0.2, 0) is 25.5 Å². The normalized spacial score (nSPS) is 11.7. The highest BCUT2D eigenvalue weighted by Crippen LogP contribution is 2.15. The van der Waals surface area contributed by atoms with Crippen molar-refractivity contribution in [2.75, 3.05) is 0 Å². The smallest absolute Gasteiger partial charge is 0.376 e. The highest BCUT2D eigenvalue weighted by Gasteiger charge is 2.26. The average molecular weight is 480 g/mol. The minimum atomic E-state index is -1.90. The zero-order valence-corrected chi connectivity index (χ0v) is 16.9. The van der Waals surface area contributed by atoms with Gasteiger partial charge in [-0.15, -0.1) is 0 Å². The van der Waals surface area contributed by atoms with Crippen molar-refractivity contribution in [1.82, 2.24) is 0 Å². The summed E-state index contributed by atoms with van der Waals surface area (Å²) in [4.78, 5) is 47.9. The molecule has 148 valence electrons. The predicted octanol–water partition coefficient (Wildman–Crippen LogP) is 3.59. The molecule has 0 bridgehead atoms. The molecule has 0 aliphatic heterocycles. The summed E-state index contributed by atoms with van der Waals surface area (Å²) in [5.74, 6) is -3.71. The van der Waals surface area contributed by atoms with Crippen LogP contribution in [0, 0.1) is 0 Å². The van der Waals surface area contributed by atoms with Crippen molar-refractivity contribution in [3.8, 4) is 0 Å². The van der Waals surface area contributed by atoms with Crippen LogP contribution in [0.3, 0.4) is 0 Å². The lowest BCUT2D eigenvalue weighted by atomic mass is 10.2. The van der Waals surface area contributed by atoms with Gasteiger partial charge in [0.2, 0.25) is 5.76 Å². The van der Waals surface area contributed by atoms with Crippen LogP contribution >= 0.6 is 27.5 Å². The topological polar surface area (TPSA) is 99.9 Å². The summed E-state index contributed by atoms with van der Waals surface area (Å²) in [7, 11) is 0. The molecule has 0 radical (unpaired) electrons. The number of alkyl halides is 1. The van der Waals surface area contributed by atoms with Gasteiger partial charge >= 0.3 is 17.9 Å². The SMILES string of the molecule is O=C(Cc1ccc(Br)cc1)OC(=O)C(Cl)OC(=O)c1cc(=O)c2ccccc2o1. The fourth-order valence-electron chi connectivity index (χ4n) is 2.37. The lowest BCUT2D eigenvalue weighted by Gasteiger charge is -2.10. The Balaban J connectivity index is 1.61. The number of hydrogen-bond donors (Lipinski definition) is 0. The molecular formula is C20H12BrClO7. The molecule has 3 aromatic rings. The molecule has 0 amide bonds. The van der Waals surface area contributed by atoms with Gasteiger partial charge in [0.1, 0.15) is 5.58 Å². The molecule has 1 aromatic heterocycles. The molecule has 7 nitrogen and oxygen atoms in total. The monoisotopic (exact) mass is 478 g/mol. The van der Waals surface area contributed by atoms with E-state index in [1.54, 1.807) is 36.4 Å². The van der Waals surface area contributed by atoms with Gasteiger partial charge in [0.15, 0.2) is 5.43 Å². The second kappa shape index (κ2) is 9.02. The van der Waals surface area contributed by atoms with Gasteiger partial charge in [-0.2, -0.15) is 0 Å². The van der Waals surface area contributed by atoms with Crippen molar-refractivity contribution in [2.45, 2.75) is 12.0 Å². The largest absolute Gasteiger partial charge is 0.449 e. The minimum Gasteiger partial charge on any atom is -0.449 e. The Morgan fingerprint density at radius 1 is 1.07 bits per heavy atom. The second-order valence-corrected chi connectivity index (χ2v) is 7.10. The maximum absolute atomic E-state index is 12.1. The van der Waals surface area contributed by atoms with Crippen molar-refractivity contribution < 1.29 is 28.3 Å². The number of fused-ring (bicyclic) bond motifs is 1. The van der Waals surface area contributed by atoms with Crippen LogP contribution in [0.2, 0.25) is 0 Å². The average Bonchev–Trinajstić information content (AvgIpc) is 2.69. The van der Waals surface area contributed by atoms with E-state index in [0.29, 0.717) is 5.56 Å². The van der Waals surface area contributed by atoms with Gasteiger partial charge in [-0.1, -0.05) is 51.8 Å². The highest BCUT2D eigenvalue weighted by molar-refractivity contribution is 9.10. The number of carbonyl (C=O) groups excluding carboxylic acids is 3. The number of carbonyl (C=O) groups is 3. The molecule has 29 heavy (non-hydrogen) atoms. The summed E-state index contributed by atoms with van der Waals surface area (Å²) in [6.45, 7) is 0. The van der Waals surface area contributed by atoms with Crippen LogP contribution in [0.4, 0.5) is 0 Å². The van der Waals surface area contributed by atoms with Gasteiger partial charge in [0, 0.05) is 10.5 Å². The Kier molecular flexibility index (Phi) is 6.46. The summed E-state index contributed by atoms with van der Waals surface area (Å²) in [5, 5.41) is 0.282. The van der Waals surface area contributed by atoms with Crippen LogP contribution in [0.15, 0.2) is 68.3 Å². The van der Waals surface area contributed by atoms with E-state index in [1.165, 1.54) is 12.1 Å². The van der Waals surface area contributed by atoms with Crippen LogP contribution in [0.5, 0.6) is 0 Å². The zero-order valence-electron chi connectivity index (χ0n) is 14.6. The highest BCUT2D eigenvalue weighted by atomic mass is 79.9. The maximum Gasteiger partial charge on any atom is 0.376 e. The minimum absolute atomic E-state index is 0.171. The molecule has 2 aromatic carbocycles. The molecule has 0 aliphatic carbocycles. The fraction of sp³-hybridized carbons (Fsp3) is 0.100. The Labute approximate surface area is 177 Å². The summed E-state index contributed by atoms with van der Waals surface area (Å²) < 4.78 is 15.4. The molecule has 0 spiro atoms. The van der Waals surface area contributed by atoms with E-state index >= 15 is 0 Å². The van der Waals surface area contributed by atoms with Crippen molar-refractivity contribution in [3.05, 3.63) is 80.6 Å². The molecule has 0 saturated carbocycles. The molecule has 9 heteroatoms. The third kappa shape index (κ3) is 5.30. The van der Waals surface area contributed by atoms with E-state index in [9.17, 15) is 19.2 Å². The molecule has 0 aliphatic rings. The van der Waals surface area contributed by atoms with Crippen LogP contribution in [-0.4, -0.2) is 23.5 Å². The zero-order chi connectivity index (χ0) is 21.0. The summed E-state index contributed by atoms with van der Waals surface area (Å²) in [6, 6.07) is 14.0. The molecular weight excluding hydrogens is 468 g/mol. The van der Waals surface area contributed by atoms with E-state index < -0.39 is 34.7 Å². The molecule has 1 heterocycles. The maximum atomic E-state index is 12.1. The number of halogens is 2. The van der Waals surface area contributed by atoms with Crippen LogP contribution in [0.25, 0.3) is 11.0 Å². The summed E-state index contributed by atoms with van der Waals surface area (Å²) in [5.41, 5.74) is -1.57. The third-order valence-electron chi connectivity index (χ3n) is 3.71. The summed E-state index contributed by atoms with van der Waals surface area (Å²) in [6.07, 6.45) is -0.171. The molecule has 3 rings (SSSR count). The lowest BCUT2D eigenvalue weighted by molar-refractivity contribution is -0.162. The first-order valence-corrected chi connectivity index (χ1v) is 9.43. The van der Waals surface area contributed by atoms with Crippen LogP contribution < -0.4 is 5.43 Å². The number of ether oxygens (including phenoxy) is 2. The van der Waals surface area contributed by atoms with Crippen molar-refractivity contribution in [3.63, 3.8) is 0 Å². The Morgan fingerprint density at radius 2 is 1.76 bits per heavy atom. The second-order valence-electron chi connectivity index (χ2n) is 5.79. The number of hydrogen-bond acceptors (Lipinski definition) is 7. The lowest BCUT2D eigenvalue weighted by Crippen LogP contribution is -2.27. The van der Waals surface area contributed by atoms with Crippen molar-refractivity contribution in [1.29, 1.82) is 0 Å². The first kappa shape index (κ1) is 20.8. The molecule has 1 atom stereocenters. The van der Waals surface area contributed by atoms with Gasteiger partial charge < -0.3 is 13.9 Å². The Morgan fingerprint density at radius 3 is 2.48 bits per heavy atom. The number of rotatable bonds is 5. The molecule has 1 unspecified atom stereocenters. The van der Waals surface area contributed by atoms with Gasteiger partial charge in [-0.3, -0.25) is 9.59 Å². The first-order chi connectivity index (χ1) is 13.8. The summed E-state index contributed by atoms with van der Waals surface area (Å²) >= 11 is 8.97. The van der Waals surface area contributed by atoms with Crippen LogP contribution in [0.1, 0.15) is 16.1 Å². The first-order valence-electron chi connectivity index (χ1n) is 8.20. The van der Waals surface area contributed by atoms with E-state index in [0.717, 1.165) is 10.5 Å². The number of esters is 3. The fourth-order valence-corrected chi connectivity index (χ4v) is 2.76. The standard InChI is InChI=1S/C20H12BrClO7/c21-12-7-5-11(6-8-12)9-17(24)28-20(26)18(22)29-19(25)16-10-14(23)13-3-1-2-4-15(13)27-16/h1-8,10,18H,9H2. The molecule has 0 saturated heterocycles. The Bertz CT molecular complexity index is 1140. The molecule has 0 N–H and O–H groups in total. The van der Waals surface area contributed by atoms with Gasteiger partial charge in [-0.25, -0.2) is 9.59 Å². The quantitative estimate of drug-likeness (QED) is 0.313. The predicted molar refractivity (Wildman–Crippen MR) is 106 cm³/mol. The number of para-hydroxylation sites is 1. The van der Waals surface area contributed by atoms with E-state index in [2.05, 4.69) is 20.7 Å². The number of benzene rings is 2. The van der Waals surface area contributed by atoms with E-state index in [-0.39, 0.29) is 17.4 Å². The molecule has 0 fully saturated rings. The van der Waals surface area contributed by atoms with E-state index in [1.807, 2.05) is 0 Å². The van der Waals surface area contributed by atoms with Gasteiger partial charge in [0.25, 0.3) is 5.56 Å².